The molecule has 6 heteroatoms. The molecule has 0 unspecified atom stereocenters. The van der Waals surface area contributed by atoms with Crippen LogP contribution in [0.1, 0.15) is 19.8 Å². The van der Waals surface area contributed by atoms with Gasteiger partial charge in [-0.15, -0.1) is 0 Å². The highest BCUT2D eigenvalue weighted by Gasteiger charge is 2.25. The van der Waals surface area contributed by atoms with Gasteiger partial charge in [-0.3, -0.25) is 0 Å². The van der Waals surface area contributed by atoms with Crippen molar-refractivity contribution in [2.24, 2.45) is 5.11 Å². The molecule has 0 aromatic heterocycles. The summed E-state index contributed by atoms with van der Waals surface area (Å²) in [6.07, 6.45) is 0.987. The van der Waals surface area contributed by atoms with Crippen LogP contribution in [-0.2, 0) is 4.74 Å². The molecule has 0 spiro atoms. The van der Waals surface area contributed by atoms with Crippen molar-refractivity contribution in [3.8, 4) is 0 Å². The molecule has 2 atom stereocenters. The van der Waals surface area contributed by atoms with E-state index in [2.05, 4.69) is 15.3 Å². The third-order valence-electron chi connectivity index (χ3n) is 2.05. The summed E-state index contributed by atoms with van der Waals surface area (Å²) in [5, 5.41) is 6.24. The third kappa shape index (κ3) is 2.52. The molecule has 0 aromatic rings. The number of alkyl carbamates (subject to hydrolysis) is 1. The Morgan fingerprint density at radius 1 is 1.92 bits per heavy atom. The zero-order valence-electron chi connectivity index (χ0n) is 7.43. The highest BCUT2D eigenvalue weighted by molar-refractivity contribution is 5.68. The Hall–Kier alpha value is -1.42. The van der Waals surface area contributed by atoms with Gasteiger partial charge in [-0.25, -0.2) is 4.79 Å². The molecule has 1 aliphatic rings. The van der Waals surface area contributed by atoms with Crippen LogP contribution >= 0.6 is 0 Å². The van der Waals surface area contributed by atoms with E-state index in [1.807, 2.05) is 6.92 Å². The topological polar surface area (TPSA) is 87.1 Å². The zero-order valence-corrected chi connectivity index (χ0v) is 7.43. The SMILES string of the molecule is CC[C@@H](N=[N+]=[N-])[C@@H]1CCOC(=O)N1. The van der Waals surface area contributed by atoms with Gasteiger partial charge in [-0.1, -0.05) is 12.0 Å². The minimum Gasteiger partial charge on any atom is -0.449 e. The van der Waals surface area contributed by atoms with Gasteiger partial charge in [0.05, 0.1) is 12.6 Å². The third-order valence-corrected chi connectivity index (χ3v) is 2.05. The number of azide groups is 1. The van der Waals surface area contributed by atoms with E-state index in [0.717, 1.165) is 6.42 Å². The maximum Gasteiger partial charge on any atom is 0.407 e. The highest BCUT2D eigenvalue weighted by Crippen LogP contribution is 2.11. The van der Waals surface area contributed by atoms with E-state index in [1.54, 1.807) is 0 Å². The summed E-state index contributed by atoms with van der Waals surface area (Å²) in [5.41, 5.74) is 8.28. The molecular weight excluding hydrogens is 172 g/mol. The fourth-order valence-electron chi connectivity index (χ4n) is 1.35. The Balaban J connectivity index is 2.56. The van der Waals surface area contributed by atoms with Gasteiger partial charge in [-0.2, -0.15) is 0 Å². The molecule has 1 rings (SSSR count). The highest BCUT2D eigenvalue weighted by atomic mass is 16.5. The van der Waals surface area contributed by atoms with Crippen LogP contribution in [0.2, 0.25) is 0 Å². The van der Waals surface area contributed by atoms with Crippen molar-refractivity contribution >= 4 is 6.09 Å². The number of carbonyl (C=O) groups excluding carboxylic acids is 1. The van der Waals surface area contributed by atoms with E-state index < -0.39 is 6.09 Å². The molecule has 0 radical (unpaired) electrons. The van der Waals surface area contributed by atoms with Gasteiger partial charge >= 0.3 is 6.09 Å². The van der Waals surface area contributed by atoms with Crippen LogP contribution in [0.4, 0.5) is 4.79 Å². The standard InChI is InChI=1S/C7H12N4O2/c1-2-5(10-11-8)6-3-4-13-7(12)9-6/h5-6H,2-4H2,1H3,(H,9,12)/t5-,6+/m1/s1. The molecule has 0 aromatic carbocycles. The second-order valence-corrected chi connectivity index (χ2v) is 2.86. The summed E-state index contributed by atoms with van der Waals surface area (Å²) in [5.74, 6) is 0. The number of rotatable bonds is 3. The largest absolute Gasteiger partial charge is 0.449 e. The number of nitrogens with zero attached hydrogens (tertiary/aromatic N) is 3. The van der Waals surface area contributed by atoms with Gasteiger partial charge in [0.2, 0.25) is 0 Å². The maximum atomic E-state index is 10.8. The fourth-order valence-corrected chi connectivity index (χ4v) is 1.35. The van der Waals surface area contributed by atoms with Crippen LogP contribution < -0.4 is 5.32 Å². The van der Waals surface area contributed by atoms with E-state index in [-0.39, 0.29) is 12.1 Å². The van der Waals surface area contributed by atoms with Crippen molar-refractivity contribution in [2.75, 3.05) is 6.61 Å². The summed E-state index contributed by atoms with van der Waals surface area (Å²) < 4.78 is 4.70. The first-order valence-corrected chi connectivity index (χ1v) is 4.25. The smallest absolute Gasteiger partial charge is 0.407 e. The molecule has 1 aliphatic heterocycles. The number of nitrogens with one attached hydrogen (secondary N) is 1. The van der Waals surface area contributed by atoms with Gasteiger partial charge < -0.3 is 10.1 Å². The molecular formula is C7H12N4O2. The zero-order chi connectivity index (χ0) is 9.68. The summed E-state index contributed by atoms with van der Waals surface area (Å²) in [7, 11) is 0. The quantitative estimate of drug-likeness (QED) is 0.410. The Bertz CT molecular complexity index is 237. The normalized spacial score (nSPS) is 23.8. The van der Waals surface area contributed by atoms with Gasteiger partial charge in [0, 0.05) is 17.4 Å². The van der Waals surface area contributed by atoms with Crippen LogP contribution in [0.5, 0.6) is 0 Å². The second kappa shape index (κ2) is 4.57. The number of amides is 1. The molecule has 1 saturated heterocycles. The Morgan fingerprint density at radius 3 is 3.23 bits per heavy atom. The van der Waals surface area contributed by atoms with Gasteiger partial charge in [0.1, 0.15) is 0 Å². The lowest BCUT2D eigenvalue weighted by molar-refractivity contribution is 0.110. The van der Waals surface area contributed by atoms with Crippen molar-refractivity contribution in [3.05, 3.63) is 10.4 Å². The summed E-state index contributed by atoms with van der Waals surface area (Å²) in [4.78, 5) is 13.6. The lowest BCUT2D eigenvalue weighted by atomic mass is 10.0. The molecule has 0 saturated carbocycles. The van der Waals surface area contributed by atoms with E-state index in [4.69, 9.17) is 10.3 Å². The predicted molar refractivity (Wildman–Crippen MR) is 46.1 cm³/mol. The molecule has 72 valence electrons. The fraction of sp³-hybridized carbons (Fsp3) is 0.857. The minimum atomic E-state index is -0.428. The van der Waals surface area contributed by atoms with Crippen LogP contribution in [0.25, 0.3) is 10.4 Å². The first kappa shape index (κ1) is 9.67. The molecule has 6 nitrogen and oxygen atoms in total. The number of cyclic esters (lactones) is 1. The van der Waals surface area contributed by atoms with Crippen LogP contribution in [0.3, 0.4) is 0 Å². The van der Waals surface area contributed by atoms with Crippen LogP contribution in [0, 0.1) is 0 Å². The minimum absolute atomic E-state index is 0.0813. The van der Waals surface area contributed by atoms with Crippen molar-refractivity contribution in [2.45, 2.75) is 31.8 Å². The van der Waals surface area contributed by atoms with E-state index >= 15 is 0 Å². The lowest BCUT2D eigenvalue weighted by Gasteiger charge is -2.27. The lowest BCUT2D eigenvalue weighted by Crippen LogP contribution is -2.47. The molecule has 1 N–H and O–H groups in total. The van der Waals surface area contributed by atoms with Crippen molar-refractivity contribution in [3.63, 3.8) is 0 Å². The van der Waals surface area contributed by atoms with Crippen molar-refractivity contribution in [1.29, 1.82) is 0 Å². The van der Waals surface area contributed by atoms with Crippen LogP contribution in [0.15, 0.2) is 5.11 Å². The average Bonchev–Trinajstić information content (AvgIpc) is 2.14. The second-order valence-electron chi connectivity index (χ2n) is 2.86. The number of hydrogen-bond donors (Lipinski definition) is 1. The Labute approximate surface area is 75.9 Å². The summed E-state index contributed by atoms with van der Waals surface area (Å²) in [6.45, 7) is 2.31. The van der Waals surface area contributed by atoms with E-state index in [1.165, 1.54) is 0 Å². The Kier molecular flexibility index (Phi) is 3.40. The van der Waals surface area contributed by atoms with Crippen LogP contribution in [-0.4, -0.2) is 24.8 Å². The molecule has 13 heavy (non-hydrogen) atoms. The molecule has 0 bridgehead atoms. The molecule has 1 amide bonds. The monoisotopic (exact) mass is 184 g/mol. The number of carbonyl (C=O) groups is 1. The molecule has 1 heterocycles. The van der Waals surface area contributed by atoms with Crippen molar-refractivity contribution in [1.82, 2.24) is 5.32 Å². The Morgan fingerprint density at radius 2 is 2.69 bits per heavy atom. The summed E-state index contributed by atoms with van der Waals surface area (Å²) in [6, 6.07) is -0.250. The maximum absolute atomic E-state index is 10.8. The molecule has 1 fully saturated rings. The first-order valence-electron chi connectivity index (χ1n) is 4.25. The number of ether oxygens (including phenoxy) is 1. The number of hydrogen-bond acceptors (Lipinski definition) is 3. The van der Waals surface area contributed by atoms with E-state index in [9.17, 15) is 4.79 Å². The van der Waals surface area contributed by atoms with Gasteiger partial charge in [-0.05, 0) is 12.0 Å². The molecule has 0 aliphatic carbocycles. The summed E-state index contributed by atoms with van der Waals surface area (Å²) >= 11 is 0. The van der Waals surface area contributed by atoms with E-state index in [0.29, 0.717) is 13.0 Å². The van der Waals surface area contributed by atoms with Crippen molar-refractivity contribution < 1.29 is 9.53 Å². The van der Waals surface area contributed by atoms with Gasteiger partial charge in [0.15, 0.2) is 0 Å². The average molecular weight is 184 g/mol. The first-order chi connectivity index (χ1) is 6.27. The van der Waals surface area contributed by atoms with Gasteiger partial charge in [0.25, 0.3) is 0 Å². The predicted octanol–water partition coefficient (Wildman–Crippen LogP) is 1.57.